The van der Waals surface area contributed by atoms with Crippen LogP contribution in [0.3, 0.4) is 0 Å². The van der Waals surface area contributed by atoms with Gasteiger partial charge in [-0.05, 0) is 122 Å². The lowest BCUT2D eigenvalue weighted by molar-refractivity contribution is -0.181. The van der Waals surface area contributed by atoms with Gasteiger partial charge in [0, 0.05) is 18.8 Å². The molecule has 5 aliphatic carbocycles. The van der Waals surface area contributed by atoms with Crippen LogP contribution in [0.4, 0.5) is 0 Å². The van der Waals surface area contributed by atoms with Gasteiger partial charge in [-0.2, -0.15) is 0 Å². The van der Waals surface area contributed by atoms with Gasteiger partial charge in [0.1, 0.15) is 6.10 Å². The summed E-state index contributed by atoms with van der Waals surface area (Å²) in [7, 11) is 0. The molecule has 0 aromatic rings. The van der Waals surface area contributed by atoms with E-state index < -0.39 is 0 Å². The Bertz CT molecular complexity index is 933. The van der Waals surface area contributed by atoms with Crippen LogP contribution in [0, 0.1) is 50.7 Å². The Morgan fingerprint density at radius 3 is 2.20 bits per heavy atom. The van der Waals surface area contributed by atoms with Crippen molar-refractivity contribution in [3.8, 4) is 0 Å². The first-order chi connectivity index (χ1) is 16.3. The van der Waals surface area contributed by atoms with E-state index in [1.807, 2.05) is 6.92 Å². The van der Waals surface area contributed by atoms with Crippen molar-refractivity contribution in [2.75, 3.05) is 0 Å². The second-order valence-electron chi connectivity index (χ2n) is 14.8. The third-order valence-corrected chi connectivity index (χ3v) is 13.4. The molecule has 0 radical (unpaired) electrons. The molecule has 0 aliphatic heterocycles. The predicted octanol–water partition coefficient (Wildman–Crippen LogP) is 7.92. The number of allylic oxidation sites excluding steroid dienone is 1. The zero-order valence-electron chi connectivity index (χ0n) is 23.6. The van der Waals surface area contributed by atoms with E-state index in [-0.39, 0.29) is 23.3 Å². The summed E-state index contributed by atoms with van der Waals surface area (Å²) in [4.78, 5) is 24.1. The van der Waals surface area contributed by atoms with Crippen molar-refractivity contribution < 1.29 is 14.3 Å². The second kappa shape index (κ2) is 7.94. The molecular weight excluding hydrogens is 432 g/mol. The number of ether oxygens (including phenoxy) is 1. The summed E-state index contributed by atoms with van der Waals surface area (Å²) in [5.41, 5.74) is 2.59. The Kier molecular flexibility index (Phi) is 5.79. The molecular formula is C32H50O3. The van der Waals surface area contributed by atoms with E-state index in [1.165, 1.54) is 51.4 Å². The third-order valence-electron chi connectivity index (χ3n) is 13.4. The highest BCUT2D eigenvalue weighted by atomic mass is 16.5. The van der Waals surface area contributed by atoms with Crippen LogP contribution in [0.25, 0.3) is 0 Å². The van der Waals surface area contributed by atoms with Crippen LogP contribution in [-0.4, -0.2) is 17.9 Å². The summed E-state index contributed by atoms with van der Waals surface area (Å²) in [5.74, 6) is 2.97. The average Bonchev–Trinajstić information content (AvgIpc) is 3.36. The maximum Gasteiger partial charge on any atom is 0.302 e. The van der Waals surface area contributed by atoms with Crippen LogP contribution in [0.1, 0.15) is 119 Å². The van der Waals surface area contributed by atoms with E-state index in [9.17, 15) is 9.59 Å². The first-order valence-electron chi connectivity index (χ1n) is 14.6. The highest BCUT2D eigenvalue weighted by Crippen LogP contribution is 2.89. The lowest BCUT2D eigenvalue weighted by Crippen LogP contribution is -2.58. The van der Waals surface area contributed by atoms with Gasteiger partial charge in [0.25, 0.3) is 0 Å². The molecule has 0 N–H and O–H groups in total. The Morgan fingerprint density at radius 2 is 1.54 bits per heavy atom. The number of esters is 1. The fourth-order valence-corrected chi connectivity index (χ4v) is 11.5. The summed E-state index contributed by atoms with van der Waals surface area (Å²) in [6, 6.07) is 0. The number of hydrogen-bond acceptors (Lipinski definition) is 3. The lowest BCUT2D eigenvalue weighted by Gasteiger charge is -2.63. The van der Waals surface area contributed by atoms with Gasteiger partial charge < -0.3 is 4.74 Å². The molecule has 0 amide bonds. The molecule has 9 unspecified atom stereocenters. The van der Waals surface area contributed by atoms with Crippen molar-refractivity contribution in [1.82, 2.24) is 0 Å². The minimum absolute atomic E-state index is 0.0720. The van der Waals surface area contributed by atoms with Crippen LogP contribution in [-0.2, 0) is 14.3 Å². The van der Waals surface area contributed by atoms with Gasteiger partial charge in [-0.25, -0.2) is 0 Å². The molecule has 5 rings (SSSR count). The minimum Gasteiger partial charge on any atom is -0.462 e. The molecule has 5 saturated carbocycles. The van der Waals surface area contributed by atoms with Gasteiger partial charge in [0.15, 0.2) is 5.78 Å². The van der Waals surface area contributed by atoms with E-state index in [1.54, 1.807) is 6.92 Å². The fourth-order valence-electron chi connectivity index (χ4n) is 11.5. The largest absolute Gasteiger partial charge is 0.462 e. The first-order valence-corrected chi connectivity index (χ1v) is 14.6. The maximum absolute atomic E-state index is 12.3. The average molecular weight is 483 g/mol. The molecule has 0 aromatic heterocycles. The van der Waals surface area contributed by atoms with E-state index in [0.29, 0.717) is 45.5 Å². The zero-order chi connectivity index (χ0) is 25.6. The molecule has 0 bridgehead atoms. The van der Waals surface area contributed by atoms with E-state index >= 15 is 0 Å². The van der Waals surface area contributed by atoms with Crippen molar-refractivity contribution in [1.29, 1.82) is 0 Å². The maximum atomic E-state index is 12.3. The predicted molar refractivity (Wildman–Crippen MR) is 141 cm³/mol. The Hall–Kier alpha value is -1.12. The molecule has 0 heterocycles. The summed E-state index contributed by atoms with van der Waals surface area (Å²) < 4.78 is 5.88. The van der Waals surface area contributed by atoms with E-state index in [4.69, 9.17) is 4.74 Å². The third kappa shape index (κ3) is 3.27. The van der Waals surface area contributed by atoms with Crippen LogP contribution in [0.5, 0.6) is 0 Å². The number of fused-ring (bicyclic) bond motifs is 2. The normalized spacial score (nSPS) is 48.0. The standard InChI is InChI=1S/C32H50O3/c1-20(2)24(34)10-9-21(3)23-13-15-30(8)26-12-11-25-28(5,6)27(35-22(4)33)14-16-31(25)19-32(26,31)18-17-29(23,30)7/h21,23,25-27H,1,9-19H2,2-8H3. The smallest absolute Gasteiger partial charge is 0.302 e. The molecule has 3 heteroatoms. The number of Topliss-reactive ketones (excluding diaryl/α,β-unsaturated/α-hetero) is 1. The Balaban J connectivity index is 1.37. The Labute approximate surface area is 214 Å². The van der Waals surface area contributed by atoms with Crippen LogP contribution in [0.15, 0.2) is 12.2 Å². The van der Waals surface area contributed by atoms with Crippen molar-refractivity contribution >= 4 is 11.8 Å². The molecule has 3 nitrogen and oxygen atoms in total. The molecule has 0 saturated heterocycles. The number of rotatable bonds is 6. The van der Waals surface area contributed by atoms with Gasteiger partial charge in [-0.3, -0.25) is 9.59 Å². The molecule has 5 fully saturated rings. The summed E-state index contributed by atoms with van der Waals surface area (Å²) in [5, 5.41) is 0. The molecule has 9 atom stereocenters. The topological polar surface area (TPSA) is 43.4 Å². The molecule has 0 aromatic carbocycles. The van der Waals surface area contributed by atoms with Crippen molar-refractivity contribution in [2.24, 2.45) is 50.7 Å². The monoisotopic (exact) mass is 482 g/mol. The number of carbonyl (C=O) groups excluding carboxylic acids is 2. The van der Waals surface area contributed by atoms with E-state index in [2.05, 4.69) is 41.2 Å². The molecule has 5 aliphatic rings. The molecule has 2 spiro atoms. The van der Waals surface area contributed by atoms with Crippen LogP contribution < -0.4 is 0 Å². The van der Waals surface area contributed by atoms with Crippen LogP contribution >= 0.6 is 0 Å². The summed E-state index contributed by atoms with van der Waals surface area (Å²) in [6.45, 7) is 19.8. The van der Waals surface area contributed by atoms with Gasteiger partial charge >= 0.3 is 5.97 Å². The minimum atomic E-state index is -0.116. The molecule has 35 heavy (non-hydrogen) atoms. The van der Waals surface area contributed by atoms with Crippen LogP contribution in [0.2, 0.25) is 0 Å². The van der Waals surface area contributed by atoms with Gasteiger partial charge in [-0.1, -0.05) is 41.2 Å². The van der Waals surface area contributed by atoms with Crippen molar-refractivity contribution in [3.05, 3.63) is 12.2 Å². The molecule has 196 valence electrons. The number of hydrogen-bond donors (Lipinski definition) is 0. The lowest BCUT2D eigenvalue weighted by atomic mass is 9.41. The van der Waals surface area contributed by atoms with Crippen molar-refractivity contribution in [3.63, 3.8) is 0 Å². The number of carbonyl (C=O) groups is 2. The second-order valence-corrected chi connectivity index (χ2v) is 14.8. The highest BCUT2D eigenvalue weighted by molar-refractivity contribution is 5.94. The highest BCUT2D eigenvalue weighted by Gasteiger charge is 2.82. The fraction of sp³-hybridized carbons (Fsp3) is 0.875. The van der Waals surface area contributed by atoms with Gasteiger partial charge in [-0.15, -0.1) is 0 Å². The van der Waals surface area contributed by atoms with Gasteiger partial charge in [0.05, 0.1) is 0 Å². The zero-order valence-corrected chi connectivity index (χ0v) is 23.6. The van der Waals surface area contributed by atoms with E-state index in [0.717, 1.165) is 24.7 Å². The Morgan fingerprint density at radius 1 is 0.886 bits per heavy atom. The first kappa shape index (κ1) is 25.5. The summed E-state index contributed by atoms with van der Waals surface area (Å²) in [6.07, 6.45) is 13.6. The van der Waals surface area contributed by atoms with Gasteiger partial charge in [0.2, 0.25) is 0 Å². The SMILES string of the molecule is C=C(C)C(=O)CCC(C)C1CCC2(C)C3CCC4C(C)(C)C(OC(C)=O)CCC45CC35CCC12C. The number of ketones is 1. The quantitative estimate of drug-likeness (QED) is 0.285. The van der Waals surface area contributed by atoms with Crippen molar-refractivity contribution in [2.45, 2.75) is 125 Å². The summed E-state index contributed by atoms with van der Waals surface area (Å²) >= 11 is 0.